The van der Waals surface area contributed by atoms with E-state index in [9.17, 15) is 0 Å². The molecular weight excluding hydrogens is 144 g/mol. The van der Waals surface area contributed by atoms with Crippen LogP contribution in [-0.2, 0) is 0 Å². The molecule has 0 aromatic heterocycles. The Labute approximate surface area is 76.4 Å². The summed E-state index contributed by atoms with van der Waals surface area (Å²) < 4.78 is 0. The largest absolute Gasteiger partial charge is 0.133 e. The van der Waals surface area contributed by atoms with E-state index in [1.807, 2.05) is 0 Å². The molecule has 1 fully saturated rings. The zero-order valence-corrected chi connectivity index (χ0v) is 8.56. The quantitative estimate of drug-likeness (QED) is 0.517. The summed E-state index contributed by atoms with van der Waals surface area (Å²) in [5.74, 6) is 1.49. The monoisotopic (exact) mass is 164 g/mol. The van der Waals surface area contributed by atoms with Gasteiger partial charge in [-0.1, -0.05) is 40.2 Å². The summed E-state index contributed by atoms with van der Waals surface area (Å²) >= 11 is 0. The Balaban J connectivity index is 2.80. The van der Waals surface area contributed by atoms with Crippen molar-refractivity contribution in [2.75, 3.05) is 0 Å². The lowest BCUT2D eigenvalue weighted by Gasteiger charge is -2.40. The molecule has 0 N–H and O–H groups in total. The smallest absolute Gasteiger partial charge is 0.00806 e. The van der Waals surface area contributed by atoms with Gasteiger partial charge in [-0.3, -0.25) is 0 Å². The Bertz CT molecular complexity index is 194. The minimum Gasteiger partial charge on any atom is -0.133 e. The van der Waals surface area contributed by atoms with E-state index in [4.69, 9.17) is 0 Å². The Morgan fingerprint density at radius 2 is 2.17 bits per heavy atom. The molecule has 0 spiro atoms. The summed E-state index contributed by atoms with van der Waals surface area (Å²) in [6, 6.07) is 0. The van der Waals surface area contributed by atoms with Crippen LogP contribution in [0.1, 0.15) is 40.0 Å². The van der Waals surface area contributed by atoms with Crippen molar-refractivity contribution in [3.8, 4) is 0 Å². The van der Waals surface area contributed by atoms with Gasteiger partial charge in [0.1, 0.15) is 0 Å². The van der Waals surface area contributed by atoms with Gasteiger partial charge >= 0.3 is 0 Å². The van der Waals surface area contributed by atoms with Crippen molar-refractivity contribution in [2.24, 2.45) is 17.3 Å². The molecule has 0 aromatic carbocycles. The van der Waals surface area contributed by atoms with Crippen LogP contribution in [0.5, 0.6) is 0 Å². The second kappa shape index (κ2) is 3.49. The van der Waals surface area contributed by atoms with Gasteiger partial charge in [0, 0.05) is 0 Å². The Morgan fingerprint density at radius 3 is 2.67 bits per heavy atom. The molecule has 0 heterocycles. The van der Waals surface area contributed by atoms with Gasteiger partial charge in [-0.2, -0.15) is 0 Å². The Kier molecular flexibility index (Phi) is 2.80. The predicted octanol–water partition coefficient (Wildman–Crippen LogP) is 3.79. The fraction of sp³-hybridized carbons (Fsp3) is 0.750. The second-order valence-corrected chi connectivity index (χ2v) is 4.75. The zero-order valence-electron chi connectivity index (χ0n) is 8.56. The number of hydrogen-bond donors (Lipinski definition) is 0. The molecule has 0 saturated heterocycles. The lowest BCUT2D eigenvalue weighted by atomic mass is 9.64. The predicted molar refractivity (Wildman–Crippen MR) is 54.0 cm³/mol. The van der Waals surface area contributed by atoms with Crippen molar-refractivity contribution in [2.45, 2.75) is 40.0 Å². The SMILES string of the molecule is C=C=CC1C(C)CCCC1(C)C. The number of allylic oxidation sites excluding steroid dienone is 1. The summed E-state index contributed by atoms with van der Waals surface area (Å²) in [4.78, 5) is 0. The van der Waals surface area contributed by atoms with Crippen LogP contribution in [-0.4, -0.2) is 0 Å². The third kappa shape index (κ3) is 1.81. The summed E-state index contributed by atoms with van der Waals surface area (Å²) in [5.41, 5.74) is 3.41. The van der Waals surface area contributed by atoms with Crippen LogP contribution in [0.2, 0.25) is 0 Å². The van der Waals surface area contributed by atoms with Gasteiger partial charge in [-0.25, -0.2) is 0 Å². The topological polar surface area (TPSA) is 0 Å². The van der Waals surface area contributed by atoms with Crippen molar-refractivity contribution in [1.82, 2.24) is 0 Å². The van der Waals surface area contributed by atoms with Crippen LogP contribution in [0.3, 0.4) is 0 Å². The van der Waals surface area contributed by atoms with Gasteiger partial charge in [-0.15, -0.1) is 5.73 Å². The zero-order chi connectivity index (χ0) is 9.19. The molecule has 1 rings (SSSR count). The van der Waals surface area contributed by atoms with Gasteiger partial charge in [0.15, 0.2) is 0 Å². The van der Waals surface area contributed by atoms with Crippen molar-refractivity contribution < 1.29 is 0 Å². The minimum atomic E-state index is 0.461. The van der Waals surface area contributed by atoms with E-state index in [0.717, 1.165) is 5.92 Å². The summed E-state index contributed by atoms with van der Waals surface area (Å²) in [5, 5.41) is 0. The van der Waals surface area contributed by atoms with Crippen LogP contribution in [0.25, 0.3) is 0 Å². The van der Waals surface area contributed by atoms with Crippen LogP contribution in [0.15, 0.2) is 18.4 Å². The first-order valence-electron chi connectivity index (χ1n) is 4.94. The maximum atomic E-state index is 3.67. The highest BCUT2D eigenvalue weighted by Gasteiger charge is 2.34. The highest BCUT2D eigenvalue weighted by Crippen LogP contribution is 2.44. The first-order chi connectivity index (χ1) is 5.58. The highest BCUT2D eigenvalue weighted by molar-refractivity contribution is 4.98. The van der Waals surface area contributed by atoms with Crippen LogP contribution >= 0.6 is 0 Å². The molecule has 2 unspecified atom stereocenters. The summed E-state index contributed by atoms with van der Waals surface area (Å²) in [7, 11) is 0. The first-order valence-corrected chi connectivity index (χ1v) is 4.94. The molecule has 1 saturated carbocycles. The Morgan fingerprint density at radius 1 is 1.50 bits per heavy atom. The fourth-order valence-electron chi connectivity index (χ4n) is 2.51. The molecular formula is C12H20. The third-order valence-corrected chi connectivity index (χ3v) is 3.29. The van der Waals surface area contributed by atoms with Crippen LogP contribution in [0.4, 0.5) is 0 Å². The van der Waals surface area contributed by atoms with Gasteiger partial charge in [0.25, 0.3) is 0 Å². The molecule has 2 atom stereocenters. The molecule has 0 radical (unpaired) electrons. The molecule has 1 aliphatic carbocycles. The van der Waals surface area contributed by atoms with E-state index in [1.165, 1.54) is 19.3 Å². The average molecular weight is 164 g/mol. The molecule has 0 bridgehead atoms. The van der Waals surface area contributed by atoms with Crippen LogP contribution in [0, 0.1) is 17.3 Å². The van der Waals surface area contributed by atoms with E-state index in [1.54, 1.807) is 0 Å². The lowest BCUT2D eigenvalue weighted by molar-refractivity contribution is 0.123. The van der Waals surface area contributed by atoms with Crippen molar-refractivity contribution in [3.05, 3.63) is 18.4 Å². The lowest BCUT2D eigenvalue weighted by Crippen LogP contribution is -2.31. The van der Waals surface area contributed by atoms with Crippen molar-refractivity contribution in [3.63, 3.8) is 0 Å². The first kappa shape index (κ1) is 9.61. The van der Waals surface area contributed by atoms with Gasteiger partial charge < -0.3 is 0 Å². The standard InChI is InChI=1S/C12H20/c1-5-7-11-10(2)8-6-9-12(11,3)4/h7,10-11H,1,6,8-9H2,2-4H3. The fourth-order valence-corrected chi connectivity index (χ4v) is 2.51. The van der Waals surface area contributed by atoms with E-state index >= 15 is 0 Å². The molecule has 0 heteroatoms. The van der Waals surface area contributed by atoms with Crippen molar-refractivity contribution >= 4 is 0 Å². The Hall–Kier alpha value is -0.480. The number of rotatable bonds is 1. The van der Waals surface area contributed by atoms with E-state index in [0.29, 0.717) is 11.3 Å². The molecule has 1 aliphatic rings. The van der Waals surface area contributed by atoms with Gasteiger partial charge in [-0.05, 0) is 29.7 Å². The minimum absolute atomic E-state index is 0.461. The molecule has 0 aromatic rings. The van der Waals surface area contributed by atoms with Crippen molar-refractivity contribution in [1.29, 1.82) is 0 Å². The van der Waals surface area contributed by atoms with Gasteiger partial charge in [0.2, 0.25) is 0 Å². The average Bonchev–Trinajstić information content (AvgIpc) is 1.97. The maximum absolute atomic E-state index is 3.67. The molecule has 12 heavy (non-hydrogen) atoms. The van der Waals surface area contributed by atoms with E-state index in [-0.39, 0.29) is 0 Å². The number of hydrogen-bond acceptors (Lipinski definition) is 0. The van der Waals surface area contributed by atoms with E-state index < -0.39 is 0 Å². The van der Waals surface area contributed by atoms with Gasteiger partial charge in [0.05, 0.1) is 0 Å². The van der Waals surface area contributed by atoms with Crippen LogP contribution < -0.4 is 0 Å². The highest BCUT2D eigenvalue weighted by atomic mass is 14.4. The van der Waals surface area contributed by atoms with E-state index in [2.05, 4.69) is 39.2 Å². The summed E-state index contributed by atoms with van der Waals surface area (Å²) in [6.45, 7) is 10.7. The second-order valence-electron chi connectivity index (χ2n) is 4.75. The molecule has 0 nitrogen and oxygen atoms in total. The normalized spacial score (nSPS) is 33.9. The summed E-state index contributed by atoms with van der Waals surface area (Å²) in [6.07, 6.45) is 6.27. The molecule has 0 aliphatic heterocycles. The molecule has 0 amide bonds. The maximum Gasteiger partial charge on any atom is -0.00806 e. The third-order valence-electron chi connectivity index (χ3n) is 3.29. The molecule has 68 valence electrons.